The predicted molar refractivity (Wildman–Crippen MR) is 284 cm³/mol. The van der Waals surface area contributed by atoms with E-state index in [1.54, 1.807) is 0 Å². The minimum atomic E-state index is -1.59. The van der Waals surface area contributed by atoms with Gasteiger partial charge in [-0.1, -0.05) is 257 Å². The second kappa shape index (κ2) is 50.0. The molecule has 2 unspecified atom stereocenters. The molecule has 4 N–H and O–H groups in total. The van der Waals surface area contributed by atoms with Crippen LogP contribution < -0.4 is 0 Å². The Labute approximate surface area is 424 Å². The van der Waals surface area contributed by atoms with Crippen molar-refractivity contribution in [3.8, 4) is 0 Å². The lowest BCUT2D eigenvalue weighted by molar-refractivity contribution is -0.305. The van der Waals surface area contributed by atoms with Crippen molar-refractivity contribution in [3.05, 3.63) is 12.2 Å². The van der Waals surface area contributed by atoms with Crippen LogP contribution in [0, 0.1) is 0 Å². The zero-order chi connectivity index (χ0) is 50.1. The van der Waals surface area contributed by atoms with Crippen molar-refractivity contribution >= 4 is 11.9 Å². The molecule has 10 nitrogen and oxygen atoms in total. The van der Waals surface area contributed by atoms with Gasteiger partial charge in [0.05, 0.1) is 13.2 Å². The molecule has 10 heteroatoms. The molecule has 0 aromatic heterocycles. The maximum absolute atomic E-state index is 12.9. The third kappa shape index (κ3) is 40.6. The third-order valence-electron chi connectivity index (χ3n) is 14.2. The summed E-state index contributed by atoms with van der Waals surface area (Å²) in [5, 5.41) is 40.3. The summed E-state index contributed by atoms with van der Waals surface area (Å²) >= 11 is 0. The van der Waals surface area contributed by atoms with Gasteiger partial charge in [-0.25, -0.2) is 0 Å². The van der Waals surface area contributed by atoms with Gasteiger partial charge in [0, 0.05) is 12.8 Å². The third-order valence-corrected chi connectivity index (χ3v) is 14.2. The molecule has 1 saturated heterocycles. The molecular weight excluding hydrogens is 869 g/mol. The second-order valence-corrected chi connectivity index (χ2v) is 20.8. The summed E-state index contributed by atoms with van der Waals surface area (Å²) < 4.78 is 22.3. The molecule has 0 bridgehead atoms. The van der Waals surface area contributed by atoms with E-state index < -0.39 is 49.4 Å². The van der Waals surface area contributed by atoms with E-state index >= 15 is 0 Å². The molecule has 0 aliphatic carbocycles. The number of carbonyl (C=O) groups excluding carboxylic acids is 2. The van der Waals surface area contributed by atoms with Gasteiger partial charge in [0.15, 0.2) is 12.4 Å². The van der Waals surface area contributed by atoms with Crippen molar-refractivity contribution < 1.29 is 49.0 Å². The number of esters is 2. The normalized spacial score (nSPS) is 18.8. The van der Waals surface area contributed by atoms with Crippen molar-refractivity contribution in [2.75, 3.05) is 19.8 Å². The van der Waals surface area contributed by atoms with Crippen molar-refractivity contribution in [1.82, 2.24) is 0 Å². The van der Waals surface area contributed by atoms with Crippen LogP contribution >= 0.6 is 0 Å². The zero-order valence-electron chi connectivity index (χ0n) is 45.1. The van der Waals surface area contributed by atoms with Gasteiger partial charge in [0.25, 0.3) is 0 Å². The number of allylic oxidation sites excluding steroid dienone is 2. The van der Waals surface area contributed by atoms with Crippen LogP contribution in [0.3, 0.4) is 0 Å². The molecule has 1 aliphatic heterocycles. The average Bonchev–Trinajstić information content (AvgIpc) is 3.35. The van der Waals surface area contributed by atoms with Gasteiger partial charge in [0.2, 0.25) is 0 Å². The van der Waals surface area contributed by atoms with Gasteiger partial charge in [-0.05, 0) is 38.5 Å². The molecule has 0 spiro atoms. The number of aliphatic hydroxyl groups excluding tert-OH is 4. The monoisotopic (exact) mass is 981 g/mol. The van der Waals surface area contributed by atoms with Gasteiger partial charge in [-0.2, -0.15) is 0 Å². The highest BCUT2D eigenvalue weighted by Gasteiger charge is 2.44. The van der Waals surface area contributed by atoms with Gasteiger partial charge in [-0.15, -0.1) is 0 Å². The maximum Gasteiger partial charge on any atom is 0.306 e. The van der Waals surface area contributed by atoms with Crippen LogP contribution in [0.15, 0.2) is 12.2 Å². The van der Waals surface area contributed by atoms with Crippen LogP contribution in [0.5, 0.6) is 0 Å². The first-order valence-corrected chi connectivity index (χ1v) is 29.8. The summed E-state index contributed by atoms with van der Waals surface area (Å²) in [4.78, 5) is 25.6. The number of rotatable bonds is 52. The standard InChI is InChI=1S/C59H112O10/c1-3-5-7-9-11-13-15-17-19-21-23-25-26-28-29-31-33-35-37-39-41-43-45-47-54(61)66-50-52(51-67-59-58(65)57(64)56(63)53(49-60)69-59)68-55(62)48-46-44-42-40-38-36-34-32-30-27-24-22-20-18-16-14-12-10-8-6-4-2/h18,20,52-53,56-60,63-65H,3-17,19,21-51H2,1-2H3/b20-18+/t52-,53-,56+,57?,58?,59-/m0/s1. The molecule has 1 fully saturated rings. The van der Waals surface area contributed by atoms with Crippen LogP contribution in [0.25, 0.3) is 0 Å². The Balaban J connectivity index is 2.17. The molecule has 69 heavy (non-hydrogen) atoms. The molecule has 1 rings (SSSR count). The fraction of sp³-hybridized carbons (Fsp3) is 0.932. The fourth-order valence-corrected chi connectivity index (χ4v) is 9.48. The van der Waals surface area contributed by atoms with Gasteiger partial charge in [-0.3, -0.25) is 9.59 Å². The molecule has 408 valence electrons. The van der Waals surface area contributed by atoms with E-state index in [-0.39, 0.29) is 32.0 Å². The lowest BCUT2D eigenvalue weighted by atomic mass is 9.99. The minimum Gasteiger partial charge on any atom is -0.462 e. The van der Waals surface area contributed by atoms with E-state index in [4.69, 9.17) is 18.9 Å². The summed E-state index contributed by atoms with van der Waals surface area (Å²) in [5.41, 5.74) is 0. The Kier molecular flexibility index (Phi) is 47.4. The zero-order valence-corrected chi connectivity index (χ0v) is 45.1. The number of carbonyl (C=O) groups is 2. The smallest absolute Gasteiger partial charge is 0.306 e. The predicted octanol–water partition coefficient (Wildman–Crippen LogP) is 15.0. The summed E-state index contributed by atoms with van der Waals surface area (Å²) in [6.45, 7) is 3.49. The van der Waals surface area contributed by atoms with E-state index in [1.807, 2.05) is 0 Å². The first kappa shape index (κ1) is 65.5. The number of hydrogen-bond acceptors (Lipinski definition) is 10. The van der Waals surface area contributed by atoms with Crippen molar-refractivity contribution in [3.63, 3.8) is 0 Å². The first-order valence-electron chi connectivity index (χ1n) is 29.8. The highest BCUT2D eigenvalue weighted by molar-refractivity contribution is 5.70. The highest BCUT2D eigenvalue weighted by atomic mass is 16.7. The molecule has 1 aliphatic rings. The summed E-state index contributed by atoms with van der Waals surface area (Å²) in [5.74, 6) is -0.786. The van der Waals surface area contributed by atoms with Gasteiger partial charge >= 0.3 is 11.9 Å². The quantitative estimate of drug-likeness (QED) is 0.0263. The number of hydrogen-bond donors (Lipinski definition) is 4. The summed E-state index contributed by atoms with van der Waals surface area (Å²) in [7, 11) is 0. The lowest BCUT2D eigenvalue weighted by Crippen LogP contribution is -2.59. The topological polar surface area (TPSA) is 152 Å². The first-order chi connectivity index (χ1) is 33.8. The molecule has 0 saturated carbocycles. The SMILES string of the molecule is CCCCCCCC/C=C/CCCCCCCCCCCCCC(=O)O[C@@H](COC(=O)CCCCCCCCCCCCCCCCCCCCCCCCC)CO[C@H]1O[C@@H](CO)[C@@H](O)C(O)C1O. The van der Waals surface area contributed by atoms with E-state index in [0.29, 0.717) is 6.42 Å². The molecule has 0 radical (unpaired) electrons. The van der Waals surface area contributed by atoms with Gasteiger partial charge < -0.3 is 39.4 Å². The lowest BCUT2D eigenvalue weighted by Gasteiger charge is -2.39. The summed E-state index contributed by atoms with van der Waals surface area (Å²) in [6, 6.07) is 0. The van der Waals surface area contributed by atoms with Crippen LogP contribution in [0.4, 0.5) is 0 Å². The molecular formula is C59H112O10. The van der Waals surface area contributed by atoms with E-state index in [0.717, 1.165) is 38.5 Å². The Morgan fingerprint density at radius 2 is 0.768 bits per heavy atom. The van der Waals surface area contributed by atoms with E-state index in [9.17, 15) is 30.0 Å². The summed E-state index contributed by atoms with van der Waals surface area (Å²) in [6.07, 6.45) is 50.9. The molecule has 0 aromatic rings. The van der Waals surface area contributed by atoms with E-state index in [1.165, 1.54) is 225 Å². The minimum absolute atomic E-state index is 0.211. The fourth-order valence-electron chi connectivity index (χ4n) is 9.48. The molecule has 1 heterocycles. The molecule has 6 atom stereocenters. The maximum atomic E-state index is 12.9. The van der Waals surface area contributed by atoms with Crippen LogP contribution in [-0.2, 0) is 28.5 Å². The second-order valence-electron chi connectivity index (χ2n) is 20.8. The number of unbranched alkanes of at least 4 members (excludes halogenated alkanes) is 39. The Morgan fingerprint density at radius 3 is 1.13 bits per heavy atom. The average molecular weight is 982 g/mol. The van der Waals surface area contributed by atoms with Crippen LogP contribution in [0.1, 0.15) is 296 Å². The Morgan fingerprint density at radius 1 is 0.435 bits per heavy atom. The largest absolute Gasteiger partial charge is 0.462 e. The highest BCUT2D eigenvalue weighted by Crippen LogP contribution is 2.23. The van der Waals surface area contributed by atoms with Crippen LogP contribution in [-0.4, -0.2) is 89.0 Å². The number of aliphatic hydroxyl groups is 4. The van der Waals surface area contributed by atoms with Crippen molar-refractivity contribution in [2.24, 2.45) is 0 Å². The van der Waals surface area contributed by atoms with E-state index in [2.05, 4.69) is 26.0 Å². The van der Waals surface area contributed by atoms with Crippen molar-refractivity contribution in [2.45, 2.75) is 333 Å². The van der Waals surface area contributed by atoms with Crippen molar-refractivity contribution in [1.29, 1.82) is 0 Å². The number of ether oxygens (including phenoxy) is 4. The van der Waals surface area contributed by atoms with Crippen LogP contribution in [0.2, 0.25) is 0 Å². The molecule has 0 amide bonds. The van der Waals surface area contributed by atoms with Gasteiger partial charge in [0.1, 0.15) is 31.0 Å². The molecule has 0 aromatic carbocycles. The Hall–Kier alpha value is -1.56. The Bertz CT molecular complexity index is 1130.